The number of esters is 2. The molecule has 41 heavy (non-hydrogen) atoms. The van der Waals surface area contributed by atoms with E-state index in [2.05, 4.69) is 5.32 Å². The fourth-order valence-corrected chi connectivity index (χ4v) is 7.66. The fraction of sp³-hybridized carbons (Fsp3) is 0.250. The van der Waals surface area contributed by atoms with Gasteiger partial charge in [-0.05, 0) is 54.8 Å². The van der Waals surface area contributed by atoms with Gasteiger partial charge < -0.3 is 14.8 Å². The van der Waals surface area contributed by atoms with Crippen LogP contribution in [0.3, 0.4) is 0 Å². The third kappa shape index (κ3) is 5.47. The summed E-state index contributed by atoms with van der Waals surface area (Å²) < 4.78 is 11.6. The number of para-hydroxylation sites is 1. The summed E-state index contributed by atoms with van der Waals surface area (Å²) in [6.07, 6.45) is 5.94. The number of fused-ring (bicyclic) bond motifs is 3. The molecule has 0 spiro atoms. The van der Waals surface area contributed by atoms with E-state index in [0.717, 1.165) is 80.5 Å². The summed E-state index contributed by atoms with van der Waals surface area (Å²) >= 11 is 2.97. The lowest BCUT2D eigenvalue weighted by molar-refractivity contribution is -0.119. The molecule has 0 saturated heterocycles. The second-order valence-electron chi connectivity index (χ2n) is 9.93. The van der Waals surface area contributed by atoms with Crippen molar-refractivity contribution in [3.05, 3.63) is 82.2 Å². The van der Waals surface area contributed by atoms with Gasteiger partial charge in [-0.1, -0.05) is 55.3 Å². The molecule has 2 aromatic heterocycles. The summed E-state index contributed by atoms with van der Waals surface area (Å²) in [6, 6.07) is 19.2. The molecule has 0 radical (unpaired) electrons. The number of thiophene rings is 1. The molecule has 9 heteroatoms. The number of hydrogen-bond acceptors (Lipinski definition) is 8. The van der Waals surface area contributed by atoms with Crippen LogP contribution < -0.4 is 5.32 Å². The molecule has 0 aliphatic heterocycles. The molecule has 6 rings (SSSR count). The number of amides is 1. The Labute approximate surface area is 245 Å². The molecular formula is C32H28N2O5S2. The van der Waals surface area contributed by atoms with Crippen molar-refractivity contribution in [3.63, 3.8) is 0 Å². The third-order valence-corrected chi connectivity index (χ3v) is 9.57. The molecule has 1 aliphatic rings. The van der Waals surface area contributed by atoms with Gasteiger partial charge in [0.15, 0.2) is 6.61 Å². The van der Waals surface area contributed by atoms with Crippen LogP contribution >= 0.6 is 22.7 Å². The van der Waals surface area contributed by atoms with E-state index in [1.165, 1.54) is 18.4 Å². The van der Waals surface area contributed by atoms with Crippen molar-refractivity contribution >= 4 is 66.5 Å². The number of carbonyl (C=O) groups is 3. The highest BCUT2D eigenvalue weighted by Crippen LogP contribution is 2.38. The van der Waals surface area contributed by atoms with E-state index < -0.39 is 24.5 Å². The van der Waals surface area contributed by atoms with Crippen molar-refractivity contribution in [3.8, 4) is 10.6 Å². The minimum absolute atomic E-state index is 0.361. The molecule has 1 aliphatic carbocycles. The van der Waals surface area contributed by atoms with E-state index in [4.69, 9.17) is 14.5 Å². The summed E-state index contributed by atoms with van der Waals surface area (Å²) in [5.41, 5.74) is 3.48. The Hall–Kier alpha value is -4.08. The van der Waals surface area contributed by atoms with Crippen molar-refractivity contribution in [1.82, 2.24) is 4.98 Å². The van der Waals surface area contributed by atoms with Crippen LogP contribution in [0.15, 0.2) is 60.7 Å². The third-order valence-electron chi connectivity index (χ3n) is 7.30. The number of ether oxygens (including phenoxy) is 2. The number of hydrogen-bond donors (Lipinski definition) is 1. The summed E-state index contributed by atoms with van der Waals surface area (Å²) in [6.45, 7) is -0.484. The SMILES string of the molecule is COC(=O)c1c(NC(=O)COC(=O)c2cccc3cccc(-c4nc5ccccc5s4)c23)sc2c1CCCCCC2. The topological polar surface area (TPSA) is 94.6 Å². The highest BCUT2D eigenvalue weighted by molar-refractivity contribution is 7.21. The maximum Gasteiger partial charge on any atom is 0.341 e. The van der Waals surface area contributed by atoms with Gasteiger partial charge in [-0.15, -0.1) is 22.7 Å². The zero-order chi connectivity index (χ0) is 28.3. The second kappa shape index (κ2) is 11.8. The molecule has 0 saturated carbocycles. The number of rotatable bonds is 6. The molecule has 7 nitrogen and oxygen atoms in total. The largest absolute Gasteiger partial charge is 0.465 e. The van der Waals surface area contributed by atoms with Crippen molar-refractivity contribution in [1.29, 1.82) is 0 Å². The Morgan fingerprint density at radius 3 is 2.46 bits per heavy atom. The standard InChI is InChI=1S/C32H28N2O5S2/c1-38-32(37)28-20-12-4-2-3-5-16-24(20)40-30(28)34-26(35)18-39-31(36)22-14-9-11-19-10-8-13-21(27(19)22)29-33-23-15-6-7-17-25(23)41-29/h6-11,13-15,17H,2-5,12,16,18H2,1H3,(H,34,35). The number of aromatic nitrogens is 1. The number of nitrogens with zero attached hydrogens (tertiary/aromatic N) is 1. The minimum atomic E-state index is -0.606. The summed E-state index contributed by atoms with van der Waals surface area (Å²) in [5, 5.41) is 5.67. The van der Waals surface area contributed by atoms with Crippen molar-refractivity contribution in [2.75, 3.05) is 19.0 Å². The average molecular weight is 585 g/mol. The van der Waals surface area contributed by atoms with Crippen LogP contribution in [0.1, 0.15) is 56.8 Å². The van der Waals surface area contributed by atoms with Crippen LogP contribution in [-0.2, 0) is 27.1 Å². The number of thiazole rings is 1. The van der Waals surface area contributed by atoms with Crippen LogP contribution in [-0.4, -0.2) is 36.5 Å². The Morgan fingerprint density at radius 2 is 1.66 bits per heavy atom. The van der Waals surface area contributed by atoms with Crippen molar-refractivity contribution in [2.24, 2.45) is 0 Å². The first-order valence-electron chi connectivity index (χ1n) is 13.6. The lowest BCUT2D eigenvalue weighted by atomic mass is 9.96. The lowest BCUT2D eigenvalue weighted by Gasteiger charge is -2.11. The molecule has 208 valence electrons. The van der Waals surface area contributed by atoms with E-state index in [1.54, 1.807) is 23.5 Å². The molecule has 5 aromatic rings. The molecule has 0 fully saturated rings. The fourth-order valence-electron chi connectivity index (χ4n) is 5.37. The normalized spacial score (nSPS) is 13.3. The first kappa shape index (κ1) is 27.1. The zero-order valence-corrected chi connectivity index (χ0v) is 24.2. The first-order chi connectivity index (χ1) is 20.0. The van der Waals surface area contributed by atoms with E-state index in [0.29, 0.717) is 16.1 Å². The van der Waals surface area contributed by atoms with Crippen LogP contribution in [0.5, 0.6) is 0 Å². The van der Waals surface area contributed by atoms with Gasteiger partial charge in [-0.2, -0.15) is 0 Å². The van der Waals surface area contributed by atoms with Crippen LogP contribution in [0, 0.1) is 0 Å². The molecule has 1 N–H and O–H groups in total. The van der Waals surface area contributed by atoms with Crippen LogP contribution in [0.2, 0.25) is 0 Å². The van der Waals surface area contributed by atoms with Gasteiger partial charge in [0.25, 0.3) is 5.91 Å². The van der Waals surface area contributed by atoms with Gasteiger partial charge in [-0.3, -0.25) is 4.79 Å². The van der Waals surface area contributed by atoms with E-state index in [-0.39, 0.29) is 0 Å². The number of benzene rings is 3. The van der Waals surface area contributed by atoms with Gasteiger partial charge in [0.1, 0.15) is 10.0 Å². The van der Waals surface area contributed by atoms with Gasteiger partial charge in [0.2, 0.25) is 0 Å². The predicted molar refractivity (Wildman–Crippen MR) is 163 cm³/mol. The van der Waals surface area contributed by atoms with Gasteiger partial charge >= 0.3 is 11.9 Å². The molecule has 1 amide bonds. The number of methoxy groups -OCH3 is 1. The van der Waals surface area contributed by atoms with Crippen LogP contribution in [0.4, 0.5) is 5.00 Å². The highest BCUT2D eigenvalue weighted by Gasteiger charge is 2.26. The molecule has 2 heterocycles. The zero-order valence-electron chi connectivity index (χ0n) is 22.5. The Bertz CT molecular complexity index is 1750. The lowest BCUT2D eigenvalue weighted by Crippen LogP contribution is -2.22. The van der Waals surface area contributed by atoms with Crippen molar-refractivity contribution in [2.45, 2.75) is 38.5 Å². The van der Waals surface area contributed by atoms with Crippen molar-refractivity contribution < 1.29 is 23.9 Å². The van der Waals surface area contributed by atoms with Crippen LogP contribution in [0.25, 0.3) is 31.6 Å². The van der Waals surface area contributed by atoms with E-state index in [9.17, 15) is 14.4 Å². The molecular weight excluding hydrogens is 556 g/mol. The monoisotopic (exact) mass is 584 g/mol. The second-order valence-corrected chi connectivity index (χ2v) is 12.1. The molecule has 3 aromatic carbocycles. The van der Waals surface area contributed by atoms with E-state index >= 15 is 0 Å². The predicted octanol–water partition coefficient (Wildman–Crippen LogP) is 7.42. The average Bonchev–Trinajstić information content (AvgIpc) is 3.55. The van der Waals surface area contributed by atoms with E-state index in [1.807, 2.05) is 48.5 Å². The Morgan fingerprint density at radius 1 is 0.878 bits per heavy atom. The highest BCUT2D eigenvalue weighted by atomic mass is 32.1. The number of nitrogens with one attached hydrogen (secondary N) is 1. The quantitative estimate of drug-likeness (QED) is 0.209. The summed E-state index contributed by atoms with van der Waals surface area (Å²) in [5.74, 6) is -1.58. The number of carbonyl (C=O) groups excluding carboxylic acids is 3. The summed E-state index contributed by atoms with van der Waals surface area (Å²) in [7, 11) is 1.34. The van der Waals surface area contributed by atoms with Gasteiger partial charge in [0, 0.05) is 15.8 Å². The molecule has 0 bridgehead atoms. The first-order valence-corrected chi connectivity index (χ1v) is 15.2. The number of anilines is 1. The smallest absolute Gasteiger partial charge is 0.341 e. The maximum absolute atomic E-state index is 13.3. The number of aryl methyl sites for hydroxylation is 1. The molecule has 0 unspecified atom stereocenters. The summed E-state index contributed by atoms with van der Waals surface area (Å²) in [4.78, 5) is 44.9. The maximum atomic E-state index is 13.3. The van der Waals surface area contributed by atoms with Gasteiger partial charge in [-0.25, -0.2) is 14.6 Å². The molecule has 0 atom stereocenters. The minimum Gasteiger partial charge on any atom is -0.465 e. The Kier molecular flexibility index (Phi) is 7.80. The Balaban J connectivity index is 1.24. The van der Waals surface area contributed by atoms with Gasteiger partial charge in [0.05, 0.1) is 28.5 Å².